The van der Waals surface area contributed by atoms with E-state index in [0.717, 1.165) is 22.0 Å². The normalized spacial score (nSPS) is 12.2. The number of halogens is 2. The molecule has 0 bridgehead atoms. The molecule has 1 aromatic carbocycles. The Bertz CT molecular complexity index is 530. The number of aromatic nitrogens is 1. The standard InChI is InChI=1S/C13H16ClN3S.ClH/c1-9(11-5-3-4-6-12(11)14)17(2)8-10-7-16-13(15)18-10;/h3-7,9H,8H2,1-2H3,(H2,15,16);1H. The SMILES string of the molecule is CC(c1ccccc1Cl)N(C)Cc1cnc(N)s1.Cl. The molecule has 1 atom stereocenters. The number of hydrogen-bond acceptors (Lipinski definition) is 4. The van der Waals surface area contributed by atoms with E-state index in [2.05, 4.69) is 29.9 Å². The molecule has 2 aromatic rings. The maximum atomic E-state index is 6.21. The summed E-state index contributed by atoms with van der Waals surface area (Å²) in [7, 11) is 2.07. The lowest BCUT2D eigenvalue weighted by atomic mass is 10.1. The molecule has 0 radical (unpaired) electrons. The van der Waals surface area contributed by atoms with Gasteiger partial charge in [-0.15, -0.1) is 23.7 Å². The van der Waals surface area contributed by atoms with Crippen LogP contribution < -0.4 is 5.73 Å². The van der Waals surface area contributed by atoms with Crippen LogP contribution in [0, 0.1) is 0 Å². The third-order valence-electron chi connectivity index (χ3n) is 2.99. The largest absolute Gasteiger partial charge is 0.375 e. The Morgan fingerprint density at radius 1 is 1.42 bits per heavy atom. The van der Waals surface area contributed by atoms with Gasteiger partial charge in [0.15, 0.2) is 5.13 Å². The molecule has 1 unspecified atom stereocenters. The molecule has 0 fully saturated rings. The van der Waals surface area contributed by atoms with E-state index in [1.807, 2.05) is 24.4 Å². The van der Waals surface area contributed by atoms with Gasteiger partial charge >= 0.3 is 0 Å². The third kappa shape index (κ3) is 4.08. The van der Waals surface area contributed by atoms with Gasteiger partial charge in [0.1, 0.15) is 0 Å². The van der Waals surface area contributed by atoms with E-state index in [-0.39, 0.29) is 18.4 Å². The lowest BCUT2D eigenvalue weighted by molar-refractivity contribution is 0.255. The lowest BCUT2D eigenvalue weighted by Gasteiger charge is -2.25. The highest BCUT2D eigenvalue weighted by Crippen LogP contribution is 2.28. The molecule has 0 saturated heterocycles. The summed E-state index contributed by atoms with van der Waals surface area (Å²) in [5.74, 6) is 0. The van der Waals surface area contributed by atoms with Crippen molar-refractivity contribution < 1.29 is 0 Å². The number of anilines is 1. The van der Waals surface area contributed by atoms with Crippen molar-refractivity contribution in [1.29, 1.82) is 0 Å². The number of nitrogens with zero attached hydrogens (tertiary/aromatic N) is 2. The topological polar surface area (TPSA) is 42.2 Å². The Kier molecular flexibility index (Phi) is 6.07. The molecular weight excluding hydrogens is 301 g/mol. The fraction of sp³-hybridized carbons (Fsp3) is 0.308. The molecule has 0 amide bonds. The Labute approximate surface area is 128 Å². The first-order valence-corrected chi connectivity index (χ1v) is 6.92. The quantitative estimate of drug-likeness (QED) is 0.927. The van der Waals surface area contributed by atoms with Crippen LogP contribution in [-0.2, 0) is 6.54 Å². The number of benzene rings is 1. The van der Waals surface area contributed by atoms with Crippen LogP contribution in [0.5, 0.6) is 0 Å². The predicted octanol–water partition coefficient (Wildman–Crippen LogP) is 3.99. The van der Waals surface area contributed by atoms with E-state index < -0.39 is 0 Å². The molecule has 104 valence electrons. The molecule has 0 aliphatic heterocycles. The molecule has 19 heavy (non-hydrogen) atoms. The van der Waals surface area contributed by atoms with E-state index >= 15 is 0 Å². The molecule has 2 rings (SSSR count). The van der Waals surface area contributed by atoms with Crippen LogP contribution in [0.2, 0.25) is 5.02 Å². The highest BCUT2D eigenvalue weighted by Gasteiger charge is 2.15. The van der Waals surface area contributed by atoms with Crippen molar-refractivity contribution in [3.05, 3.63) is 45.9 Å². The zero-order chi connectivity index (χ0) is 13.1. The van der Waals surface area contributed by atoms with Crippen molar-refractivity contribution in [3.63, 3.8) is 0 Å². The number of rotatable bonds is 4. The summed E-state index contributed by atoms with van der Waals surface area (Å²) in [6, 6.07) is 8.19. The second kappa shape index (κ2) is 7.10. The van der Waals surface area contributed by atoms with Gasteiger partial charge in [0.05, 0.1) is 0 Å². The Hall–Kier alpha value is -0.810. The van der Waals surface area contributed by atoms with Gasteiger partial charge in [-0.25, -0.2) is 4.98 Å². The molecule has 0 aliphatic rings. The van der Waals surface area contributed by atoms with Crippen LogP contribution in [0.1, 0.15) is 23.4 Å². The van der Waals surface area contributed by atoms with Gasteiger partial charge in [0, 0.05) is 28.7 Å². The second-order valence-electron chi connectivity index (χ2n) is 4.28. The monoisotopic (exact) mass is 317 g/mol. The molecule has 1 aromatic heterocycles. The first kappa shape index (κ1) is 16.2. The Balaban J connectivity index is 0.00000180. The van der Waals surface area contributed by atoms with Crippen molar-refractivity contribution in [1.82, 2.24) is 9.88 Å². The van der Waals surface area contributed by atoms with Crippen LogP contribution >= 0.6 is 35.3 Å². The van der Waals surface area contributed by atoms with E-state index in [1.165, 1.54) is 11.3 Å². The highest BCUT2D eigenvalue weighted by molar-refractivity contribution is 7.15. The zero-order valence-electron chi connectivity index (χ0n) is 10.8. The van der Waals surface area contributed by atoms with Crippen LogP contribution in [0.3, 0.4) is 0 Å². The smallest absolute Gasteiger partial charge is 0.180 e. The van der Waals surface area contributed by atoms with Gasteiger partial charge < -0.3 is 5.73 Å². The maximum Gasteiger partial charge on any atom is 0.180 e. The van der Waals surface area contributed by atoms with Gasteiger partial charge in [-0.1, -0.05) is 29.8 Å². The van der Waals surface area contributed by atoms with Gasteiger partial charge in [-0.05, 0) is 25.6 Å². The summed E-state index contributed by atoms with van der Waals surface area (Å²) in [6.07, 6.45) is 1.83. The molecule has 0 saturated carbocycles. The second-order valence-corrected chi connectivity index (χ2v) is 5.83. The number of thiazole rings is 1. The van der Waals surface area contributed by atoms with Gasteiger partial charge in [0.25, 0.3) is 0 Å². The zero-order valence-corrected chi connectivity index (χ0v) is 13.2. The fourth-order valence-electron chi connectivity index (χ4n) is 1.83. The Morgan fingerprint density at radius 3 is 2.68 bits per heavy atom. The maximum absolute atomic E-state index is 6.21. The van der Waals surface area contributed by atoms with Crippen molar-refractivity contribution in [2.24, 2.45) is 0 Å². The molecule has 2 N–H and O–H groups in total. The van der Waals surface area contributed by atoms with Gasteiger partial charge in [0.2, 0.25) is 0 Å². The summed E-state index contributed by atoms with van der Waals surface area (Å²) >= 11 is 7.74. The molecule has 0 aliphatic carbocycles. The van der Waals surface area contributed by atoms with E-state index in [1.54, 1.807) is 0 Å². The van der Waals surface area contributed by atoms with Crippen LogP contribution in [0.4, 0.5) is 5.13 Å². The van der Waals surface area contributed by atoms with Gasteiger partial charge in [-0.3, -0.25) is 4.90 Å². The summed E-state index contributed by atoms with van der Waals surface area (Å²) in [5, 5.41) is 1.42. The number of hydrogen-bond donors (Lipinski definition) is 1. The third-order valence-corrected chi connectivity index (χ3v) is 4.15. The minimum Gasteiger partial charge on any atom is -0.375 e. The summed E-state index contributed by atoms with van der Waals surface area (Å²) < 4.78 is 0. The summed E-state index contributed by atoms with van der Waals surface area (Å²) in [4.78, 5) is 7.45. The van der Waals surface area contributed by atoms with Crippen LogP contribution in [-0.4, -0.2) is 16.9 Å². The first-order chi connectivity index (χ1) is 8.58. The van der Waals surface area contributed by atoms with Crippen LogP contribution in [0.25, 0.3) is 0 Å². The number of nitrogens with two attached hydrogens (primary N) is 1. The lowest BCUT2D eigenvalue weighted by Crippen LogP contribution is -2.21. The molecule has 1 heterocycles. The summed E-state index contributed by atoms with van der Waals surface area (Å²) in [6.45, 7) is 2.97. The minimum atomic E-state index is 0. The van der Waals surface area contributed by atoms with Crippen LogP contribution in [0.15, 0.2) is 30.5 Å². The Morgan fingerprint density at radius 2 is 2.11 bits per heavy atom. The predicted molar refractivity (Wildman–Crippen MR) is 85.1 cm³/mol. The minimum absolute atomic E-state index is 0. The average Bonchev–Trinajstić information content (AvgIpc) is 2.74. The molecular formula is C13H17Cl2N3S. The van der Waals surface area contributed by atoms with E-state index in [4.69, 9.17) is 17.3 Å². The fourth-order valence-corrected chi connectivity index (χ4v) is 2.87. The first-order valence-electron chi connectivity index (χ1n) is 5.72. The van der Waals surface area contributed by atoms with E-state index in [0.29, 0.717) is 5.13 Å². The number of nitrogen functional groups attached to an aromatic ring is 1. The highest BCUT2D eigenvalue weighted by atomic mass is 35.5. The molecule has 6 heteroatoms. The average molecular weight is 318 g/mol. The van der Waals surface area contributed by atoms with Crippen molar-refractivity contribution in [2.45, 2.75) is 19.5 Å². The molecule has 0 spiro atoms. The molecule has 3 nitrogen and oxygen atoms in total. The van der Waals surface area contributed by atoms with Gasteiger partial charge in [-0.2, -0.15) is 0 Å². The van der Waals surface area contributed by atoms with E-state index in [9.17, 15) is 0 Å². The van der Waals surface area contributed by atoms with Crippen molar-refractivity contribution in [2.75, 3.05) is 12.8 Å². The summed E-state index contributed by atoms with van der Waals surface area (Å²) in [5.41, 5.74) is 6.77. The van der Waals surface area contributed by atoms with Crippen molar-refractivity contribution >= 4 is 40.5 Å². The van der Waals surface area contributed by atoms with Crippen molar-refractivity contribution in [3.8, 4) is 0 Å².